The fraction of sp³-hybridized carbons (Fsp3) is 0.190. The highest BCUT2D eigenvalue weighted by Gasteiger charge is 2.39. The van der Waals surface area contributed by atoms with E-state index in [1.54, 1.807) is 0 Å². The van der Waals surface area contributed by atoms with Crippen LogP contribution in [0.1, 0.15) is 38.9 Å². The zero-order chi connectivity index (χ0) is 23.4. The number of alkyl halides is 3. The van der Waals surface area contributed by atoms with Crippen LogP contribution in [-0.2, 0) is 12.6 Å². The molecule has 0 radical (unpaired) electrons. The van der Waals surface area contributed by atoms with E-state index in [0.717, 1.165) is 28.9 Å². The molecule has 0 spiro atoms. The lowest BCUT2D eigenvalue weighted by atomic mass is 10.1. The monoisotopic (exact) mass is 484 g/mol. The Balaban J connectivity index is 1.88. The van der Waals surface area contributed by atoms with Gasteiger partial charge in [-0.05, 0) is 24.3 Å². The van der Waals surface area contributed by atoms with Crippen LogP contribution in [0.15, 0.2) is 41.3 Å². The number of rotatable bonds is 3. The van der Waals surface area contributed by atoms with Crippen molar-refractivity contribution in [3.05, 3.63) is 69.6 Å². The maximum Gasteiger partial charge on any atom is 0.417 e. The van der Waals surface area contributed by atoms with Crippen molar-refractivity contribution < 1.29 is 32.3 Å². The molecule has 32 heavy (non-hydrogen) atoms. The standard InChI is InChI=1S/C21H13ClF4N2O3S/c1-9-7-15-18(32-9)17(10-5-6-11(20(30)31)14(23)8-10)27-28(15)19(29)16-12(21(24,25)26)3-2-4-13(16)22/h2-6,8-9H,7H2,1H3,(H,30,31). The molecule has 3 aromatic rings. The summed E-state index contributed by atoms with van der Waals surface area (Å²) in [6.07, 6.45) is -4.47. The number of carbonyl (C=O) groups excluding carboxylic acids is 1. The van der Waals surface area contributed by atoms with Crippen LogP contribution in [0.25, 0.3) is 11.3 Å². The Morgan fingerprint density at radius 1 is 1.25 bits per heavy atom. The Morgan fingerprint density at radius 3 is 2.59 bits per heavy atom. The number of nitrogens with zero attached hydrogens (tertiary/aromatic N) is 2. The van der Waals surface area contributed by atoms with Crippen LogP contribution in [0.5, 0.6) is 0 Å². The Morgan fingerprint density at radius 2 is 1.97 bits per heavy atom. The first-order chi connectivity index (χ1) is 15.0. The molecule has 0 bridgehead atoms. The second-order valence-corrected chi connectivity index (χ2v) is 8.99. The number of aromatic nitrogens is 2. The van der Waals surface area contributed by atoms with Gasteiger partial charge in [-0.25, -0.2) is 9.18 Å². The molecule has 0 saturated heterocycles. The number of benzene rings is 2. The van der Waals surface area contributed by atoms with Gasteiger partial charge in [-0.1, -0.05) is 30.7 Å². The minimum Gasteiger partial charge on any atom is -0.478 e. The summed E-state index contributed by atoms with van der Waals surface area (Å²) in [4.78, 5) is 24.8. The van der Waals surface area contributed by atoms with E-state index in [9.17, 15) is 27.2 Å². The normalized spacial score (nSPS) is 15.6. The molecule has 2 heterocycles. The Hall–Kier alpha value is -2.85. The number of hydrogen-bond acceptors (Lipinski definition) is 4. The van der Waals surface area contributed by atoms with E-state index in [2.05, 4.69) is 5.10 Å². The number of hydrogen-bond donors (Lipinski definition) is 1. The molecule has 1 aromatic heterocycles. The Labute approximate surface area is 188 Å². The molecule has 4 rings (SSSR count). The maximum absolute atomic E-state index is 14.3. The molecule has 1 aliphatic rings. The number of fused-ring (bicyclic) bond motifs is 1. The van der Waals surface area contributed by atoms with Gasteiger partial charge in [0.15, 0.2) is 0 Å². The summed E-state index contributed by atoms with van der Waals surface area (Å²) in [5, 5.41) is 12.9. The number of carboxylic acid groups (broad SMARTS) is 1. The first-order valence-electron chi connectivity index (χ1n) is 9.21. The summed E-state index contributed by atoms with van der Waals surface area (Å²) in [6, 6.07) is 6.43. The Bertz CT molecular complexity index is 1270. The van der Waals surface area contributed by atoms with Crippen LogP contribution in [0.4, 0.5) is 17.6 Å². The van der Waals surface area contributed by atoms with E-state index < -0.39 is 40.6 Å². The molecule has 2 aromatic carbocycles. The number of carboxylic acids is 1. The van der Waals surface area contributed by atoms with Gasteiger partial charge in [-0.2, -0.15) is 23.0 Å². The van der Waals surface area contributed by atoms with Crippen LogP contribution >= 0.6 is 23.4 Å². The molecule has 0 fully saturated rings. The van der Waals surface area contributed by atoms with Gasteiger partial charge in [0.1, 0.15) is 11.5 Å². The van der Waals surface area contributed by atoms with Crippen molar-refractivity contribution >= 4 is 35.2 Å². The van der Waals surface area contributed by atoms with E-state index in [4.69, 9.17) is 16.7 Å². The fourth-order valence-electron chi connectivity index (χ4n) is 3.53. The van der Waals surface area contributed by atoms with Crippen LogP contribution in [0.2, 0.25) is 5.02 Å². The second kappa shape index (κ2) is 7.93. The third kappa shape index (κ3) is 3.77. The average Bonchev–Trinajstić information content (AvgIpc) is 3.23. The highest BCUT2D eigenvalue weighted by Crippen LogP contribution is 2.44. The molecule has 0 amide bonds. The summed E-state index contributed by atoms with van der Waals surface area (Å²) < 4.78 is 55.7. The van der Waals surface area contributed by atoms with Crippen molar-refractivity contribution in [1.29, 1.82) is 0 Å². The van der Waals surface area contributed by atoms with E-state index in [-0.39, 0.29) is 21.5 Å². The average molecular weight is 485 g/mol. The first-order valence-corrected chi connectivity index (χ1v) is 10.5. The zero-order valence-electron chi connectivity index (χ0n) is 16.2. The molecule has 166 valence electrons. The molecule has 1 aliphatic heterocycles. The molecule has 1 unspecified atom stereocenters. The van der Waals surface area contributed by atoms with Crippen LogP contribution in [0.3, 0.4) is 0 Å². The van der Waals surface area contributed by atoms with Crippen molar-refractivity contribution in [2.45, 2.75) is 29.7 Å². The molecule has 1 atom stereocenters. The highest BCUT2D eigenvalue weighted by atomic mass is 35.5. The lowest BCUT2D eigenvalue weighted by Gasteiger charge is -2.14. The first kappa shape index (κ1) is 22.3. The predicted molar refractivity (Wildman–Crippen MR) is 110 cm³/mol. The topological polar surface area (TPSA) is 72.2 Å². The molecular formula is C21H13ClF4N2O3S. The number of aromatic carboxylic acids is 1. The van der Waals surface area contributed by atoms with Gasteiger partial charge in [0.05, 0.1) is 32.3 Å². The summed E-state index contributed by atoms with van der Waals surface area (Å²) in [5.74, 6) is -3.49. The van der Waals surface area contributed by atoms with E-state index in [1.807, 2.05) is 6.92 Å². The van der Waals surface area contributed by atoms with Gasteiger partial charge >= 0.3 is 12.1 Å². The van der Waals surface area contributed by atoms with Crippen molar-refractivity contribution in [1.82, 2.24) is 9.78 Å². The van der Waals surface area contributed by atoms with E-state index in [1.165, 1.54) is 23.9 Å². The largest absolute Gasteiger partial charge is 0.478 e. The molecule has 1 N–H and O–H groups in total. The summed E-state index contributed by atoms with van der Waals surface area (Å²) in [5.41, 5.74) is -1.68. The van der Waals surface area contributed by atoms with Gasteiger partial charge in [-0.3, -0.25) is 4.79 Å². The van der Waals surface area contributed by atoms with Crippen LogP contribution < -0.4 is 0 Å². The molecule has 0 saturated carbocycles. The minimum atomic E-state index is -4.81. The fourth-order valence-corrected chi connectivity index (χ4v) is 5.01. The molecular weight excluding hydrogens is 472 g/mol. The SMILES string of the molecule is CC1Cc2c(c(-c3ccc(C(=O)O)c(F)c3)nn2C(=O)c2c(Cl)cccc2C(F)(F)F)S1. The van der Waals surface area contributed by atoms with Gasteiger partial charge in [-0.15, -0.1) is 11.8 Å². The van der Waals surface area contributed by atoms with E-state index >= 15 is 0 Å². The van der Waals surface area contributed by atoms with Crippen molar-refractivity contribution in [2.75, 3.05) is 0 Å². The highest BCUT2D eigenvalue weighted by molar-refractivity contribution is 8.00. The van der Waals surface area contributed by atoms with Crippen LogP contribution in [-0.4, -0.2) is 32.0 Å². The van der Waals surface area contributed by atoms with Crippen molar-refractivity contribution in [3.8, 4) is 11.3 Å². The second-order valence-electron chi connectivity index (χ2n) is 7.13. The summed E-state index contributed by atoms with van der Waals surface area (Å²) in [6.45, 7) is 1.87. The minimum absolute atomic E-state index is 0.00253. The van der Waals surface area contributed by atoms with Gasteiger partial charge < -0.3 is 5.11 Å². The zero-order valence-corrected chi connectivity index (χ0v) is 17.8. The third-order valence-electron chi connectivity index (χ3n) is 4.93. The molecule has 5 nitrogen and oxygen atoms in total. The lowest BCUT2D eigenvalue weighted by Crippen LogP contribution is -2.22. The molecule has 11 heteroatoms. The number of halogens is 5. The van der Waals surface area contributed by atoms with Gasteiger partial charge in [0, 0.05) is 17.2 Å². The van der Waals surface area contributed by atoms with Gasteiger partial charge in [0.25, 0.3) is 5.91 Å². The van der Waals surface area contributed by atoms with Gasteiger partial charge in [0.2, 0.25) is 0 Å². The number of thioether (sulfide) groups is 1. The number of carbonyl (C=O) groups is 2. The quantitative estimate of drug-likeness (QED) is 0.477. The third-order valence-corrected chi connectivity index (χ3v) is 6.48. The smallest absolute Gasteiger partial charge is 0.417 e. The van der Waals surface area contributed by atoms with Crippen molar-refractivity contribution in [2.24, 2.45) is 0 Å². The Kier molecular flexibility index (Phi) is 5.54. The van der Waals surface area contributed by atoms with Crippen molar-refractivity contribution in [3.63, 3.8) is 0 Å². The van der Waals surface area contributed by atoms with Crippen LogP contribution in [0, 0.1) is 5.82 Å². The lowest BCUT2D eigenvalue weighted by molar-refractivity contribution is -0.137. The predicted octanol–water partition coefficient (Wildman–Crippen LogP) is 5.78. The summed E-state index contributed by atoms with van der Waals surface area (Å²) in [7, 11) is 0. The van der Waals surface area contributed by atoms with E-state index in [0.29, 0.717) is 17.0 Å². The maximum atomic E-state index is 14.3. The summed E-state index contributed by atoms with van der Waals surface area (Å²) >= 11 is 7.33. The molecule has 0 aliphatic carbocycles.